The van der Waals surface area contributed by atoms with Gasteiger partial charge in [0.25, 0.3) is 0 Å². The molecule has 1 aromatic carbocycles. The summed E-state index contributed by atoms with van der Waals surface area (Å²) in [7, 11) is 0. The van der Waals surface area contributed by atoms with Crippen LogP contribution in [0.2, 0.25) is 0 Å². The highest BCUT2D eigenvalue weighted by molar-refractivity contribution is 5.36. The molecule has 1 fully saturated rings. The molecule has 19 heavy (non-hydrogen) atoms. The number of β-amino-alcohol motifs (C(OH)–C–C–N with tert-alkyl or cyclic N) is 1. The summed E-state index contributed by atoms with van der Waals surface area (Å²) in [6.45, 7) is 3.07. The molecule has 4 nitrogen and oxygen atoms in total. The van der Waals surface area contributed by atoms with Gasteiger partial charge in [0, 0.05) is 6.54 Å². The molecule has 1 aromatic rings. The Morgan fingerprint density at radius 2 is 2.11 bits per heavy atom. The maximum Gasteiger partial charge on any atom is 0.120 e. The minimum atomic E-state index is -0.483. The first-order valence-corrected chi connectivity index (χ1v) is 6.81. The van der Waals surface area contributed by atoms with Crippen molar-refractivity contribution in [2.45, 2.75) is 25.4 Å². The molecular weight excluding hydrogens is 240 g/mol. The van der Waals surface area contributed by atoms with E-state index in [0.717, 1.165) is 13.1 Å². The highest BCUT2D eigenvalue weighted by atomic mass is 16.5. The number of hydrogen-bond donors (Lipinski definition) is 1. The Labute approximate surface area is 114 Å². The SMILES string of the molecule is N#Cc1cccc(OCC(O)CN2CCCCC2)c1. The van der Waals surface area contributed by atoms with Crippen LogP contribution in [0.4, 0.5) is 0 Å². The normalized spacial score (nSPS) is 17.7. The summed E-state index contributed by atoms with van der Waals surface area (Å²) in [6.07, 6.45) is 3.25. The van der Waals surface area contributed by atoms with Crippen LogP contribution in [0.25, 0.3) is 0 Å². The third-order valence-corrected chi connectivity index (χ3v) is 3.32. The zero-order valence-electron chi connectivity index (χ0n) is 11.1. The number of hydrogen-bond acceptors (Lipinski definition) is 4. The predicted octanol–water partition coefficient (Wildman–Crippen LogP) is 1.78. The topological polar surface area (TPSA) is 56.5 Å². The molecule has 1 aliphatic heterocycles. The zero-order valence-corrected chi connectivity index (χ0v) is 11.1. The van der Waals surface area contributed by atoms with E-state index in [1.165, 1.54) is 19.3 Å². The number of aliphatic hydroxyl groups is 1. The van der Waals surface area contributed by atoms with Gasteiger partial charge in [-0.2, -0.15) is 5.26 Å². The van der Waals surface area contributed by atoms with Crippen molar-refractivity contribution in [3.63, 3.8) is 0 Å². The van der Waals surface area contributed by atoms with Crippen molar-refractivity contribution in [3.05, 3.63) is 29.8 Å². The molecule has 102 valence electrons. The fraction of sp³-hybridized carbons (Fsp3) is 0.533. The Hall–Kier alpha value is -1.57. The van der Waals surface area contributed by atoms with Crippen LogP contribution in [0, 0.1) is 11.3 Å². The second-order valence-electron chi connectivity index (χ2n) is 4.97. The minimum absolute atomic E-state index is 0.269. The van der Waals surface area contributed by atoms with E-state index in [4.69, 9.17) is 10.00 Å². The summed E-state index contributed by atoms with van der Waals surface area (Å²) < 4.78 is 5.52. The molecular formula is C15H20N2O2. The van der Waals surface area contributed by atoms with Gasteiger partial charge in [-0.05, 0) is 44.1 Å². The van der Waals surface area contributed by atoms with Gasteiger partial charge in [-0.15, -0.1) is 0 Å². The Kier molecular flexibility index (Phi) is 5.20. The summed E-state index contributed by atoms with van der Waals surface area (Å²) in [5.41, 5.74) is 0.572. The Morgan fingerprint density at radius 1 is 1.32 bits per heavy atom. The molecule has 1 heterocycles. The van der Waals surface area contributed by atoms with Gasteiger partial charge in [0.1, 0.15) is 18.5 Å². The van der Waals surface area contributed by atoms with E-state index in [1.807, 2.05) is 0 Å². The quantitative estimate of drug-likeness (QED) is 0.877. The van der Waals surface area contributed by atoms with Crippen LogP contribution in [-0.4, -0.2) is 42.4 Å². The van der Waals surface area contributed by atoms with Gasteiger partial charge in [-0.3, -0.25) is 0 Å². The van der Waals surface area contributed by atoms with Gasteiger partial charge in [-0.25, -0.2) is 0 Å². The lowest BCUT2D eigenvalue weighted by molar-refractivity contribution is 0.0617. The van der Waals surface area contributed by atoms with Crippen LogP contribution in [0.1, 0.15) is 24.8 Å². The van der Waals surface area contributed by atoms with E-state index in [9.17, 15) is 5.11 Å². The molecule has 0 radical (unpaired) electrons. The largest absolute Gasteiger partial charge is 0.491 e. The molecule has 0 bridgehead atoms. The number of likely N-dealkylation sites (tertiary alicyclic amines) is 1. The van der Waals surface area contributed by atoms with Gasteiger partial charge in [0.05, 0.1) is 11.6 Å². The molecule has 0 aliphatic carbocycles. The van der Waals surface area contributed by atoms with Crippen molar-refractivity contribution in [1.82, 2.24) is 4.90 Å². The summed E-state index contributed by atoms with van der Waals surface area (Å²) in [5, 5.41) is 18.8. The van der Waals surface area contributed by atoms with Crippen LogP contribution in [0.15, 0.2) is 24.3 Å². The Morgan fingerprint density at radius 3 is 2.84 bits per heavy atom. The van der Waals surface area contributed by atoms with E-state index < -0.39 is 6.10 Å². The van der Waals surface area contributed by atoms with Crippen molar-refractivity contribution in [2.24, 2.45) is 0 Å². The Balaban J connectivity index is 1.76. The van der Waals surface area contributed by atoms with Gasteiger partial charge in [-0.1, -0.05) is 12.5 Å². The first-order chi connectivity index (χ1) is 9.28. The molecule has 1 atom stereocenters. The number of piperidine rings is 1. The fourth-order valence-electron chi connectivity index (χ4n) is 2.34. The van der Waals surface area contributed by atoms with Crippen molar-refractivity contribution in [2.75, 3.05) is 26.2 Å². The number of rotatable bonds is 5. The number of benzene rings is 1. The number of nitriles is 1. The third-order valence-electron chi connectivity index (χ3n) is 3.32. The lowest BCUT2D eigenvalue weighted by Crippen LogP contribution is -2.38. The van der Waals surface area contributed by atoms with E-state index >= 15 is 0 Å². The second kappa shape index (κ2) is 7.13. The Bertz CT molecular complexity index is 436. The zero-order chi connectivity index (χ0) is 13.5. The van der Waals surface area contributed by atoms with E-state index in [2.05, 4.69) is 11.0 Å². The standard InChI is InChI=1S/C15H20N2O2/c16-10-13-5-4-6-15(9-13)19-12-14(18)11-17-7-2-1-3-8-17/h4-6,9,14,18H,1-3,7-8,11-12H2. The molecule has 0 saturated carbocycles. The molecule has 0 spiro atoms. The molecule has 1 unspecified atom stereocenters. The number of aliphatic hydroxyl groups excluding tert-OH is 1. The molecule has 4 heteroatoms. The smallest absolute Gasteiger partial charge is 0.120 e. The maximum atomic E-state index is 9.96. The molecule has 0 aromatic heterocycles. The number of nitrogens with zero attached hydrogens (tertiary/aromatic N) is 2. The maximum absolute atomic E-state index is 9.96. The average molecular weight is 260 g/mol. The summed E-state index contributed by atoms with van der Waals surface area (Å²) in [4.78, 5) is 2.28. The van der Waals surface area contributed by atoms with Gasteiger partial charge >= 0.3 is 0 Å². The predicted molar refractivity (Wildman–Crippen MR) is 72.9 cm³/mol. The molecule has 1 aliphatic rings. The highest BCUT2D eigenvalue weighted by Gasteiger charge is 2.14. The van der Waals surface area contributed by atoms with Crippen molar-refractivity contribution in [3.8, 4) is 11.8 Å². The average Bonchev–Trinajstić information content (AvgIpc) is 2.46. The van der Waals surface area contributed by atoms with E-state index in [-0.39, 0.29) is 6.61 Å². The van der Waals surface area contributed by atoms with Gasteiger partial charge in [0.2, 0.25) is 0 Å². The van der Waals surface area contributed by atoms with E-state index in [0.29, 0.717) is 17.9 Å². The van der Waals surface area contributed by atoms with Crippen LogP contribution in [0.5, 0.6) is 5.75 Å². The van der Waals surface area contributed by atoms with E-state index in [1.54, 1.807) is 24.3 Å². The van der Waals surface area contributed by atoms with Crippen LogP contribution in [-0.2, 0) is 0 Å². The number of ether oxygens (including phenoxy) is 1. The van der Waals surface area contributed by atoms with Crippen LogP contribution >= 0.6 is 0 Å². The fourth-order valence-corrected chi connectivity index (χ4v) is 2.34. The minimum Gasteiger partial charge on any atom is -0.491 e. The highest BCUT2D eigenvalue weighted by Crippen LogP contribution is 2.13. The van der Waals surface area contributed by atoms with Gasteiger partial charge in [0.15, 0.2) is 0 Å². The van der Waals surface area contributed by atoms with Crippen LogP contribution in [0.3, 0.4) is 0 Å². The summed E-state index contributed by atoms with van der Waals surface area (Å²) in [6, 6.07) is 9.07. The summed E-state index contributed by atoms with van der Waals surface area (Å²) in [5.74, 6) is 0.636. The molecule has 1 saturated heterocycles. The first-order valence-electron chi connectivity index (χ1n) is 6.81. The van der Waals surface area contributed by atoms with Crippen LogP contribution < -0.4 is 4.74 Å². The molecule has 2 rings (SSSR count). The lowest BCUT2D eigenvalue weighted by atomic mass is 10.1. The van der Waals surface area contributed by atoms with Crippen molar-refractivity contribution >= 4 is 0 Å². The first kappa shape index (κ1) is 13.9. The third kappa shape index (κ3) is 4.55. The molecule has 0 amide bonds. The van der Waals surface area contributed by atoms with Crippen molar-refractivity contribution in [1.29, 1.82) is 5.26 Å². The second-order valence-corrected chi connectivity index (χ2v) is 4.97. The lowest BCUT2D eigenvalue weighted by Gasteiger charge is -2.28. The van der Waals surface area contributed by atoms with Gasteiger partial charge < -0.3 is 14.7 Å². The monoisotopic (exact) mass is 260 g/mol. The molecule has 1 N–H and O–H groups in total. The summed E-state index contributed by atoms with van der Waals surface area (Å²) >= 11 is 0. The van der Waals surface area contributed by atoms with Crippen molar-refractivity contribution < 1.29 is 9.84 Å².